The van der Waals surface area contributed by atoms with Gasteiger partial charge in [-0.3, -0.25) is 10.4 Å². The Kier molecular flexibility index (Phi) is 6.10. The van der Waals surface area contributed by atoms with Gasteiger partial charge in [0.15, 0.2) is 0 Å². The van der Waals surface area contributed by atoms with Gasteiger partial charge in [0.25, 0.3) is 0 Å². The third-order valence-corrected chi connectivity index (χ3v) is 5.08. The van der Waals surface area contributed by atoms with Gasteiger partial charge in [-0.25, -0.2) is 9.78 Å². The predicted molar refractivity (Wildman–Crippen MR) is 111 cm³/mol. The molecule has 1 aliphatic rings. The van der Waals surface area contributed by atoms with E-state index < -0.39 is 0 Å². The van der Waals surface area contributed by atoms with Gasteiger partial charge in [-0.2, -0.15) is 0 Å². The third-order valence-electron chi connectivity index (χ3n) is 5.08. The Morgan fingerprint density at radius 3 is 2.87 bits per heavy atom. The molecule has 0 aliphatic carbocycles. The number of urea groups is 1. The predicted octanol–water partition coefficient (Wildman–Crippen LogP) is 3.15. The average molecular weight is 411 g/mol. The number of aromatic nitrogens is 3. The number of methoxy groups -OCH3 is 2. The highest BCUT2D eigenvalue weighted by Crippen LogP contribution is 2.29. The van der Waals surface area contributed by atoms with Crippen molar-refractivity contribution in [1.29, 1.82) is 0 Å². The van der Waals surface area contributed by atoms with Crippen LogP contribution in [0.1, 0.15) is 30.1 Å². The van der Waals surface area contributed by atoms with Crippen LogP contribution in [0.5, 0.6) is 5.88 Å². The molecule has 1 saturated heterocycles. The molecule has 9 heteroatoms. The summed E-state index contributed by atoms with van der Waals surface area (Å²) in [6.07, 6.45) is 1.82. The highest BCUT2D eigenvalue weighted by molar-refractivity contribution is 5.93. The number of anilines is 1. The molecule has 3 aromatic rings. The molecule has 158 valence electrons. The van der Waals surface area contributed by atoms with Gasteiger partial charge in [0.1, 0.15) is 5.82 Å². The van der Waals surface area contributed by atoms with Crippen LogP contribution in [-0.4, -0.2) is 48.1 Å². The van der Waals surface area contributed by atoms with Gasteiger partial charge in [-0.1, -0.05) is 30.3 Å². The Balaban J connectivity index is 1.55. The van der Waals surface area contributed by atoms with Crippen molar-refractivity contribution in [1.82, 2.24) is 20.5 Å². The largest absolute Gasteiger partial charge is 0.479 e. The van der Waals surface area contributed by atoms with Crippen LogP contribution in [0.25, 0.3) is 10.9 Å². The molecule has 0 bridgehead atoms. The summed E-state index contributed by atoms with van der Waals surface area (Å²) in [7, 11) is 3.12. The summed E-state index contributed by atoms with van der Waals surface area (Å²) < 4.78 is 16.4. The number of hydrogen-bond donors (Lipinski definition) is 3. The fraction of sp³-hybridized carbons (Fsp3) is 0.381. The molecule has 0 radical (unpaired) electrons. The molecule has 2 aromatic heterocycles. The molecule has 9 nitrogen and oxygen atoms in total. The molecular formula is C21H25N5O4. The maximum atomic E-state index is 12.8. The summed E-state index contributed by atoms with van der Waals surface area (Å²) in [5, 5.41) is 13.6. The summed E-state index contributed by atoms with van der Waals surface area (Å²) in [6, 6.07) is 10.9. The number of H-pyrrole nitrogens is 1. The SMILES string of the molecule is COCc1nc(NC(=O)N[C@@H](c2ccccc2)[C@H]2CCCO2)cc2[nH]nc(OC)c12. The number of nitrogens with one attached hydrogen (secondary N) is 3. The highest BCUT2D eigenvalue weighted by atomic mass is 16.5. The van der Waals surface area contributed by atoms with Crippen LogP contribution in [0.3, 0.4) is 0 Å². The Hall–Kier alpha value is -3.17. The lowest BCUT2D eigenvalue weighted by Crippen LogP contribution is -2.38. The molecule has 0 spiro atoms. The van der Waals surface area contributed by atoms with Crippen LogP contribution in [-0.2, 0) is 16.1 Å². The first-order valence-corrected chi connectivity index (χ1v) is 9.84. The van der Waals surface area contributed by atoms with Crippen LogP contribution in [0, 0.1) is 0 Å². The normalized spacial score (nSPS) is 17.1. The van der Waals surface area contributed by atoms with Crippen LogP contribution < -0.4 is 15.4 Å². The van der Waals surface area contributed by atoms with E-state index in [2.05, 4.69) is 25.8 Å². The van der Waals surface area contributed by atoms with E-state index in [1.54, 1.807) is 20.3 Å². The van der Waals surface area contributed by atoms with Crippen LogP contribution in [0.2, 0.25) is 0 Å². The number of carbonyl (C=O) groups excluding carboxylic acids is 1. The second-order valence-electron chi connectivity index (χ2n) is 7.08. The van der Waals surface area contributed by atoms with Crippen LogP contribution in [0.15, 0.2) is 36.4 Å². The van der Waals surface area contributed by atoms with Crippen molar-refractivity contribution in [3.8, 4) is 5.88 Å². The van der Waals surface area contributed by atoms with E-state index in [0.717, 1.165) is 23.8 Å². The van der Waals surface area contributed by atoms with Crippen LogP contribution >= 0.6 is 0 Å². The topological polar surface area (TPSA) is 110 Å². The van der Waals surface area contributed by atoms with Gasteiger partial charge in [0.2, 0.25) is 5.88 Å². The lowest BCUT2D eigenvalue weighted by Gasteiger charge is -2.24. The summed E-state index contributed by atoms with van der Waals surface area (Å²) in [5.41, 5.74) is 2.32. The van der Waals surface area contributed by atoms with Gasteiger partial charge in [0.05, 0.1) is 42.5 Å². The van der Waals surface area contributed by atoms with Gasteiger partial charge >= 0.3 is 6.03 Å². The van der Waals surface area contributed by atoms with E-state index in [4.69, 9.17) is 14.2 Å². The quantitative estimate of drug-likeness (QED) is 0.551. The van der Waals surface area contributed by atoms with Gasteiger partial charge in [0, 0.05) is 19.8 Å². The zero-order chi connectivity index (χ0) is 20.9. The number of benzene rings is 1. The zero-order valence-corrected chi connectivity index (χ0v) is 17.0. The van der Waals surface area contributed by atoms with Crippen molar-refractivity contribution in [2.24, 2.45) is 0 Å². The second kappa shape index (κ2) is 9.10. The molecule has 30 heavy (non-hydrogen) atoms. The lowest BCUT2D eigenvalue weighted by atomic mass is 9.99. The minimum absolute atomic E-state index is 0.0606. The Morgan fingerprint density at radius 2 is 2.17 bits per heavy atom. The number of amides is 2. The van der Waals surface area contributed by atoms with Gasteiger partial charge < -0.3 is 19.5 Å². The Labute approximate surface area is 174 Å². The molecule has 0 saturated carbocycles. The maximum Gasteiger partial charge on any atom is 0.320 e. The highest BCUT2D eigenvalue weighted by Gasteiger charge is 2.29. The molecular weight excluding hydrogens is 386 g/mol. The molecule has 2 amide bonds. The van der Waals surface area contributed by atoms with E-state index in [0.29, 0.717) is 29.5 Å². The van der Waals surface area contributed by atoms with Crippen molar-refractivity contribution in [3.05, 3.63) is 47.7 Å². The molecule has 4 rings (SSSR count). The number of fused-ring (bicyclic) bond motifs is 1. The van der Waals surface area contributed by atoms with Crippen molar-refractivity contribution in [3.63, 3.8) is 0 Å². The Bertz CT molecular complexity index is 1000. The van der Waals surface area contributed by atoms with Crippen molar-refractivity contribution < 1.29 is 19.0 Å². The number of ether oxygens (including phenoxy) is 3. The summed E-state index contributed by atoms with van der Waals surface area (Å²) in [4.78, 5) is 17.3. The molecule has 1 aromatic carbocycles. The molecule has 3 heterocycles. The summed E-state index contributed by atoms with van der Waals surface area (Å²) in [5.74, 6) is 0.820. The van der Waals surface area contributed by atoms with Gasteiger partial charge in [-0.15, -0.1) is 5.10 Å². The maximum absolute atomic E-state index is 12.8. The van der Waals surface area contributed by atoms with E-state index in [9.17, 15) is 4.79 Å². The van der Waals surface area contributed by atoms with Crippen molar-refractivity contribution >= 4 is 22.8 Å². The molecule has 3 N–H and O–H groups in total. The van der Waals surface area contributed by atoms with E-state index in [1.807, 2.05) is 30.3 Å². The number of hydrogen-bond acceptors (Lipinski definition) is 6. The molecule has 1 fully saturated rings. The number of pyridine rings is 1. The first-order valence-electron chi connectivity index (χ1n) is 9.84. The number of nitrogens with zero attached hydrogens (tertiary/aromatic N) is 2. The molecule has 0 unspecified atom stereocenters. The van der Waals surface area contributed by atoms with E-state index in [-0.39, 0.29) is 24.8 Å². The first-order chi connectivity index (χ1) is 14.7. The van der Waals surface area contributed by atoms with E-state index in [1.165, 1.54) is 0 Å². The second-order valence-corrected chi connectivity index (χ2v) is 7.08. The van der Waals surface area contributed by atoms with Crippen molar-refractivity contribution in [2.75, 3.05) is 26.1 Å². The smallest absolute Gasteiger partial charge is 0.320 e. The number of rotatable bonds is 7. The molecule has 2 atom stereocenters. The number of carbonyl (C=O) groups is 1. The Morgan fingerprint density at radius 1 is 1.33 bits per heavy atom. The molecule has 1 aliphatic heterocycles. The van der Waals surface area contributed by atoms with Crippen molar-refractivity contribution in [2.45, 2.75) is 31.6 Å². The van der Waals surface area contributed by atoms with E-state index >= 15 is 0 Å². The number of aromatic amines is 1. The van der Waals surface area contributed by atoms with Gasteiger partial charge in [-0.05, 0) is 18.4 Å². The zero-order valence-electron chi connectivity index (χ0n) is 17.0. The summed E-state index contributed by atoms with van der Waals surface area (Å²) in [6.45, 7) is 0.962. The average Bonchev–Trinajstić information content (AvgIpc) is 3.43. The fourth-order valence-electron chi connectivity index (χ4n) is 3.75. The first kappa shape index (κ1) is 20.1. The minimum atomic E-state index is -0.360. The van der Waals surface area contributed by atoms with Crippen LogP contribution in [0.4, 0.5) is 10.6 Å². The lowest BCUT2D eigenvalue weighted by molar-refractivity contribution is 0.0815. The monoisotopic (exact) mass is 411 g/mol. The minimum Gasteiger partial charge on any atom is -0.479 e. The third kappa shape index (κ3) is 4.22. The standard InChI is InChI=1S/C21H25N5O4/c1-28-12-15-18-14(25-26-20(18)29-2)11-17(22-15)23-21(27)24-19(16-9-6-10-30-16)13-7-4-3-5-8-13/h3-5,7-8,11,16,19H,6,9-10,12H2,1-2H3,(H,25,26)(H2,22,23,24,27)/t16-,19+/m1/s1. The fourth-order valence-corrected chi connectivity index (χ4v) is 3.75. The summed E-state index contributed by atoms with van der Waals surface area (Å²) >= 11 is 0.